The van der Waals surface area contributed by atoms with Gasteiger partial charge >= 0.3 is 5.51 Å². The maximum Gasteiger partial charge on any atom is 0.501 e. The van der Waals surface area contributed by atoms with E-state index >= 15 is 0 Å². The summed E-state index contributed by atoms with van der Waals surface area (Å²) in [6, 6.07) is 3.60. The molecule has 0 aliphatic carbocycles. The van der Waals surface area contributed by atoms with Gasteiger partial charge < -0.3 is 0 Å². The van der Waals surface area contributed by atoms with E-state index in [0.29, 0.717) is 10.0 Å². The van der Waals surface area contributed by atoms with Crippen LogP contribution in [0.2, 0.25) is 0 Å². The molecule has 0 N–H and O–H groups in total. The van der Waals surface area contributed by atoms with Crippen LogP contribution in [0.3, 0.4) is 0 Å². The first-order valence-corrected chi connectivity index (χ1v) is 6.95. The second kappa shape index (κ2) is 4.61. The molecule has 0 fully saturated rings. The van der Waals surface area contributed by atoms with Crippen LogP contribution in [0, 0.1) is 0 Å². The Bertz CT molecular complexity index is 521. The molecular formula is C10H10BrF3O2S. The maximum absolute atomic E-state index is 12.4. The number of halogens is 4. The first-order valence-electron chi connectivity index (χ1n) is 4.67. The Morgan fingerprint density at radius 1 is 1.18 bits per heavy atom. The zero-order valence-electron chi connectivity index (χ0n) is 9.05. The number of sulfone groups is 1. The average Bonchev–Trinajstić information content (AvgIpc) is 2.14. The van der Waals surface area contributed by atoms with E-state index in [1.54, 1.807) is 19.9 Å². The summed E-state index contributed by atoms with van der Waals surface area (Å²) in [5.41, 5.74) is -4.75. The SMILES string of the molecule is CC(C)c1cc(Br)cc(S(=O)(=O)C(F)(F)F)c1. The van der Waals surface area contributed by atoms with Crippen molar-refractivity contribution in [3.05, 3.63) is 28.2 Å². The van der Waals surface area contributed by atoms with Gasteiger partial charge in [-0.15, -0.1) is 0 Å². The third kappa shape index (κ3) is 3.01. The van der Waals surface area contributed by atoms with Gasteiger partial charge in [-0.3, -0.25) is 0 Å². The monoisotopic (exact) mass is 330 g/mol. The van der Waals surface area contributed by atoms with Crippen molar-refractivity contribution in [2.24, 2.45) is 0 Å². The molecule has 0 saturated carbocycles. The fourth-order valence-corrected chi connectivity index (χ4v) is 2.71. The lowest BCUT2D eigenvalue weighted by Gasteiger charge is -2.12. The zero-order chi connectivity index (χ0) is 13.4. The van der Waals surface area contributed by atoms with Crippen molar-refractivity contribution in [2.75, 3.05) is 0 Å². The van der Waals surface area contributed by atoms with E-state index in [0.717, 1.165) is 12.1 Å². The van der Waals surface area contributed by atoms with Crippen LogP contribution >= 0.6 is 15.9 Å². The highest BCUT2D eigenvalue weighted by Crippen LogP contribution is 2.33. The third-order valence-corrected chi connectivity index (χ3v) is 4.10. The fraction of sp³-hybridized carbons (Fsp3) is 0.400. The van der Waals surface area contributed by atoms with Crippen LogP contribution in [-0.2, 0) is 9.84 Å². The van der Waals surface area contributed by atoms with Crippen LogP contribution in [0.1, 0.15) is 25.3 Å². The molecule has 0 atom stereocenters. The van der Waals surface area contributed by atoms with E-state index in [1.165, 1.54) is 0 Å². The van der Waals surface area contributed by atoms with Gasteiger partial charge in [-0.1, -0.05) is 29.8 Å². The summed E-state index contributed by atoms with van der Waals surface area (Å²) in [5, 5.41) is 0. The Balaban J connectivity index is 3.44. The number of hydrogen-bond acceptors (Lipinski definition) is 2. The Hall–Kier alpha value is -0.560. The second-order valence-electron chi connectivity index (χ2n) is 3.82. The first-order chi connectivity index (χ1) is 7.55. The average molecular weight is 331 g/mol. The van der Waals surface area contributed by atoms with E-state index in [-0.39, 0.29) is 5.92 Å². The van der Waals surface area contributed by atoms with Gasteiger partial charge in [0.25, 0.3) is 9.84 Å². The summed E-state index contributed by atoms with van der Waals surface area (Å²) in [5.74, 6) is -0.0605. The first kappa shape index (κ1) is 14.5. The molecule has 0 saturated heterocycles. The topological polar surface area (TPSA) is 34.1 Å². The van der Waals surface area contributed by atoms with Crippen LogP contribution in [0.4, 0.5) is 13.2 Å². The van der Waals surface area contributed by atoms with Gasteiger partial charge in [0, 0.05) is 4.47 Å². The minimum atomic E-state index is -5.28. The van der Waals surface area contributed by atoms with Crippen LogP contribution in [0.15, 0.2) is 27.6 Å². The van der Waals surface area contributed by atoms with Gasteiger partial charge in [0.1, 0.15) is 0 Å². The minimum Gasteiger partial charge on any atom is -0.214 e. The highest BCUT2D eigenvalue weighted by molar-refractivity contribution is 9.10. The number of hydrogen-bond donors (Lipinski definition) is 0. The molecule has 17 heavy (non-hydrogen) atoms. The van der Waals surface area contributed by atoms with Crippen LogP contribution in [0.5, 0.6) is 0 Å². The molecule has 2 nitrogen and oxygen atoms in total. The molecule has 0 amide bonds. The van der Waals surface area contributed by atoms with Gasteiger partial charge in [-0.2, -0.15) is 13.2 Å². The molecule has 0 aliphatic rings. The highest BCUT2D eigenvalue weighted by Gasteiger charge is 2.47. The lowest BCUT2D eigenvalue weighted by Crippen LogP contribution is -2.23. The van der Waals surface area contributed by atoms with Crippen molar-refractivity contribution in [1.82, 2.24) is 0 Å². The second-order valence-corrected chi connectivity index (χ2v) is 6.68. The fourth-order valence-electron chi connectivity index (χ4n) is 1.21. The molecule has 7 heteroatoms. The maximum atomic E-state index is 12.4. The molecule has 1 aromatic rings. The molecule has 1 aromatic carbocycles. The standard InChI is InChI=1S/C10H10BrF3O2S/c1-6(2)7-3-8(11)5-9(4-7)17(15,16)10(12,13)14/h3-6H,1-2H3. The normalized spacial score (nSPS) is 13.1. The van der Waals surface area contributed by atoms with E-state index in [9.17, 15) is 21.6 Å². The van der Waals surface area contributed by atoms with E-state index in [4.69, 9.17) is 0 Å². The molecular weight excluding hydrogens is 321 g/mol. The molecule has 1 rings (SSSR count). The lowest BCUT2D eigenvalue weighted by atomic mass is 10.0. The molecule has 0 unspecified atom stereocenters. The Morgan fingerprint density at radius 2 is 1.71 bits per heavy atom. The smallest absolute Gasteiger partial charge is 0.214 e. The highest BCUT2D eigenvalue weighted by atomic mass is 79.9. The summed E-state index contributed by atoms with van der Waals surface area (Å²) >= 11 is 3.01. The minimum absolute atomic E-state index is 0.0605. The molecule has 96 valence electrons. The largest absolute Gasteiger partial charge is 0.501 e. The van der Waals surface area contributed by atoms with E-state index in [2.05, 4.69) is 15.9 Å². The molecule has 0 aliphatic heterocycles. The van der Waals surface area contributed by atoms with Crippen molar-refractivity contribution >= 4 is 25.8 Å². The van der Waals surface area contributed by atoms with Crippen LogP contribution < -0.4 is 0 Å². The summed E-state index contributed by atoms with van der Waals surface area (Å²) in [6.45, 7) is 3.54. The van der Waals surface area contributed by atoms with E-state index in [1.807, 2.05) is 0 Å². The number of benzene rings is 1. The summed E-state index contributed by atoms with van der Waals surface area (Å²) in [4.78, 5) is -0.733. The number of alkyl halides is 3. The van der Waals surface area contributed by atoms with E-state index < -0.39 is 20.2 Å². The zero-order valence-corrected chi connectivity index (χ0v) is 11.4. The number of rotatable bonds is 2. The Kier molecular flexibility index (Phi) is 3.93. The van der Waals surface area contributed by atoms with Crippen molar-refractivity contribution in [3.8, 4) is 0 Å². The Morgan fingerprint density at radius 3 is 2.12 bits per heavy atom. The lowest BCUT2D eigenvalue weighted by molar-refractivity contribution is -0.0436. The predicted octanol–water partition coefficient (Wildman–Crippen LogP) is 3.87. The van der Waals surface area contributed by atoms with Crippen molar-refractivity contribution in [1.29, 1.82) is 0 Å². The molecule has 0 heterocycles. The van der Waals surface area contributed by atoms with Gasteiger partial charge in [-0.05, 0) is 29.7 Å². The van der Waals surface area contributed by atoms with Gasteiger partial charge in [0.15, 0.2) is 0 Å². The van der Waals surface area contributed by atoms with Crippen molar-refractivity contribution in [3.63, 3.8) is 0 Å². The Labute approximate surface area is 106 Å². The summed E-state index contributed by atoms with van der Waals surface area (Å²) in [7, 11) is -5.28. The van der Waals surface area contributed by atoms with Gasteiger partial charge in [0.2, 0.25) is 0 Å². The third-order valence-electron chi connectivity index (χ3n) is 2.18. The molecule has 0 radical (unpaired) electrons. The van der Waals surface area contributed by atoms with Gasteiger partial charge in [-0.25, -0.2) is 8.42 Å². The van der Waals surface area contributed by atoms with Crippen LogP contribution in [0.25, 0.3) is 0 Å². The summed E-state index contributed by atoms with van der Waals surface area (Å²) in [6.07, 6.45) is 0. The van der Waals surface area contributed by atoms with Crippen LogP contribution in [-0.4, -0.2) is 13.9 Å². The van der Waals surface area contributed by atoms with Crippen molar-refractivity contribution in [2.45, 2.75) is 30.2 Å². The van der Waals surface area contributed by atoms with Crippen molar-refractivity contribution < 1.29 is 21.6 Å². The molecule has 0 spiro atoms. The molecule has 0 bridgehead atoms. The van der Waals surface area contributed by atoms with Gasteiger partial charge in [0.05, 0.1) is 4.90 Å². The quantitative estimate of drug-likeness (QED) is 0.825. The predicted molar refractivity (Wildman–Crippen MR) is 61.5 cm³/mol. The summed E-state index contributed by atoms with van der Waals surface area (Å²) < 4.78 is 59.9. The molecule has 0 aromatic heterocycles.